The van der Waals surface area contributed by atoms with Crippen molar-refractivity contribution in [3.8, 4) is 0 Å². The van der Waals surface area contributed by atoms with Gasteiger partial charge in [0.2, 0.25) is 0 Å². The van der Waals surface area contributed by atoms with Gasteiger partial charge in [0.15, 0.2) is 5.78 Å². The van der Waals surface area contributed by atoms with Gasteiger partial charge in [-0.2, -0.15) is 13.2 Å². The van der Waals surface area contributed by atoms with Gasteiger partial charge in [0, 0.05) is 10.0 Å². The van der Waals surface area contributed by atoms with Crippen LogP contribution >= 0.6 is 15.9 Å². The van der Waals surface area contributed by atoms with Gasteiger partial charge in [0.1, 0.15) is 0 Å². The Balaban J connectivity index is 2.33. The van der Waals surface area contributed by atoms with Crippen molar-refractivity contribution in [2.75, 3.05) is 0 Å². The van der Waals surface area contributed by atoms with Crippen LogP contribution in [0.2, 0.25) is 0 Å². The van der Waals surface area contributed by atoms with Crippen LogP contribution in [0.1, 0.15) is 54.4 Å². The number of hydrogen-bond acceptors (Lipinski definition) is 1. The highest BCUT2D eigenvalue weighted by molar-refractivity contribution is 9.10. The van der Waals surface area contributed by atoms with Crippen molar-refractivity contribution >= 4 is 21.7 Å². The summed E-state index contributed by atoms with van der Waals surface area (Å²) in [5.41, 5.74) is -0.0631. The second-order valence-electron chi connectivity index (χ2n) is 5.20. The Morgan fingerprint density at radius 1 is 1.10 bits per heavy atom. The van der Waals surface area contributed by atoms with Crippen LogP contribution in [-0.4, -0.2) is 5.78 Å². The Hall–Kier alpha value is -1.10. The van der Waals surface area contributed by atoms with E-state index in [0.717, 1.165) is 44.2 Å². The van der Waals surface area contributed by atoms with Gasteiger partial charge in [-0.3, -0.25) is 4.79 Å². The summed E-state index contributed by atoms with van der Waals surface area (Å²) in [5.74, 6) is -0.296. The molecule has 0 spiro atoms. The highest BCUT2D eigenvalue weighted by Gasteiger charge is 2.31. The van der Waals surface area contributed by atoms with E-state index in [1.807, 2.05) is 6.08 Å². The Morgan fingerprint density at radius 3 is 2.52 bits per heavy atom. The van der Waals surface area contributed by atoms with E-state index in [0.29, 0.717) is 16.5 Å². The first kappa shape index (κ1) is 16.3. The fourth-order valence-electron chi connectivity index (χ4n) is 2.45. The molecule has 0 aromatic heterocycles. The summed E-state index contributed by atoms with van der Waals surface area (Å²) >= 11 is 3.18. The van der Waals surface area contributed by atoms with Gasteiger partial charge in [-0.1, -0.05) is 34.8 Å². The van der Waals surface area contributed by atoms with Crippen LogP contribution in [0.3, 0.4) is 0 Å². The SMILES string of the molecule is O=C(/C1=C/CCCCCC1)c1cc(C(F)(F)F)ccc1Br. The number of hydrogen-bond donors (Lipinski definition) is 0. The first-order valence-corrected chi connectivity index (χ1v) is 7.79. The van der Waals surface area contributed by atoms with E-state index in [-0.39, 0.29) is 11.3 Å². The number of benzene rings is 1. The zero-order valence-electron chi connectivity index (χ0n) is 11.5. The van der Waals surface area contributed by atoms with Crippen LogP contribution in [0.15, 0.2) is 34.3 Å². The van der Waals surface area contributed by atoms with Crippen LogP contribution in [0.4, 0.5) is 13.2 Å². The van der Waals surface area contributed by atoms with Crippen LogP contribution in [-0.2, 0) is 6.18 Å². The molecular formula is C16H16BrF3O. The number of carbonyl (C=O) groups excluding carboxylic acids is 1. The zero-order valence-corrected chi connectivity index (χ0v) is 13.1. The molecule has 114 valence electrons. The molecule has 0 aliphatic heterocycles. The Kier molecular flexibility index (Phi) is 5.25. The summed E-state index contributed by atoms with van der Waals surface area (Å²) < 4.78 is 38.8. The van der Waals surface area contributed by atoms with Crippen LogP contribution in [0.25, 0.3) is 0 Å². The normalized spacial score (nSPS) is 19.3. The Bertz CT molecular complexity index is 561. The van der Waals surface area contributed by atoms with Crippen molar-refractivity contribution in [2.24, 2.45) is 0 Å². The van der Waals surface area contributed by atoms with Gasteiger partial charge in [-0.25, -0.2) is 0 Å². The van der Waals surface area contributed by atoms with Crippen LogP contribution < -0.4 is 0 Å². The third-order valence-electron chi connectivity index (χ3n) is 3.62. The van der Waals surface area contributed by atoms with Crippen molar-refractivity contribution in [3.05, 3.63) is 45.4 Å². The summed E-state index contributed by atoms with van der Waals surface area (Å²) in [5, 5.41) is 0. The van der Waals surface area contributed by atoms with Gasteiger partial charge in [-0.15, -0.1) is 0 Å². The number of carbonyl (C=O) groups is 1. The van der Waals surface area contributed by atoms with Gasteiger partial charge in [0.05, 0.1) is 5.56 Å². The van der Waals surface area contributed by atoms with Crippen molar-refractivity contribution < 1.29 is 18.0 Å². The predicted octanol–water partition coefficient (Wildman–Crippen LogP) is 5.93. The molecule has 0 N–H and O–H groups in total. The number of halogens is 4. The number of allylic oxidation sites excluding steroid dienone is 2. The van der Waals surface area contributed by atoms with E-state index in [9.17, 15) is 18.0 Å². The monoisotopic (exact) mass is 360 g/mol. The maximum absolute atomic E-state index is 12.8. The van der Waals surface area contributed by atoms with E-state index in [4.69, 9.17) is 0 Å². The second kappa shape index (κ2) is 6.77. The van der Waals surface area contributed by atoms with E-state index >= 15 is 0 Å². The standard InChI is InChI=1S/C16H16BrF3O/c17-14-9-8-12(16(18,19)20)10-13(14)15(21)11-6-4-2-1-3-5-7-11/h6,8-10H,1-5,7H2/b11-6+. The lowest BCUT2D eigenvalue weighted by atomic mass is 9.93. The smallest absolute Gasteiger partial charge is 0.289 e. The van der Waals surface area contributed by atoms with Gasteiger partial charge >= 0.3 is 6.18 Å². The first-order chi connectivity index (χ1) is 9.89. The summed E-state index contributed by atoms with van der Waals surface area (Å²) in [7, 11) is 0. The third-order valence-corrected chi connectivity index (χ3v) is 4.31. The van der Waals surface area contributed by atoms with E-state index in [1.165, 1.54) is 6.07 Å². The lowest BCUT2D eigenvalue weighted by Crippen LogP contribution is -2.10. The molecule has 1 aromatic carbocycles. The number of rotatable bonds is 2. The summed E-state index contributed by atoms with van der Waals surface area (Å²) in [6, 6.07) is 3.21. The molecule has 0 amide bonds. The molecular weight excluding hydrogens is 345 g/mol. The molecule has 1 aliphatic rings. The fraction of sp³-hybridized carbons (Fsp3) is 0.438. The predicted molar refractivity (Wildman–Crippen MR) is 79.3 cm³/mol. The van der Waals surface area contributed by atoms with Gasteiger partial charge in [-0.05, 0) is 49.5 Å². The van der Waals surface area contributed by atoms with Crippen molar-refractivity contribution in [3.63, 3.8) is 0 Å². The topological polar surface area (TPSA) is 17.1 Å². The summed E-state index contributed by atoms with van der Waals surface area (Å²) in [6.45, 7) is 0. The molecule has 1 aromatic rings. The molecule has 0 unspecified atom stereocenters. The fourth-order valence-corrected chi connectivity index (χ4v) is 2.87. The maximum Gasteiger partial charge on any atom is 0.416 e. The molecule has 21 heavy (non-hydrogen) atoms. The van der Waals surface area contributed by atoms with E-state index < -0.39 is 11.7 Å². The number of Topliss-reactive ketones (excluding diaryl/α,β-unsaturated/α-hetero) is 1. The van der Waals surface area contributed by atoms with E-state index in [1.54, 1.807) is 0 Å². The molecule has 0 bridgehead atoms. The average molecular weight is 361 g/mol. The number of alkyl halides is 3. The molecule has 5 heteroatoms. The highest BCUT2D eigenvalue weighted by Crippen LogP contribution is 2.33. The van der Waals surface area contributed by atoms with Gasteiger partial charge in [0.25, 0.3) is 0 Å². The lowest BCUT2D eigenvalue weighted by Gasteiger charge is -2.13. The average Bonchev–Trinajstić information content (AvgIpc) is 2.36. The minimum Gasteiger partial charge on any atom is -0.289 e. The summed E-state index contributed by atoms with van der Waals surface area (Å²) in [6.07, 6.45) is 3.05. The molecule has 0 fully saturated rings. The molecule has 0 heterocycles. The maximum atomic E-state index is 12.8. The zero-order chi connectivity index (χ0) is 15.5. The third kappa shape index (κ3) is 4.19. The first-order valence-electron chi connectivity index (χ1n) is 7.00. The molecule has 0 atom stereocenters. The quantitative estimate of drug-likeness (QED) is 0.597. The minimum atomic E-state index is -4.44. The highest BCUT2D eigenvalue weighted by atomic mass is 79.9. The summed E-state index contributed by atoms with van der Waals surface area (Å²) in [4.78, 5) is 12.5. The minimum absolute atomic E-state index is 0.0941. The van der Waals surface area contributed by atoms with Crippen LogP contribution in [0, 0.1) is 0 Å². The molecule has 0 saturated heterocycles. The number of ketones is 1. The molecule has 2 rings (SSSR count). The lowest BCUT2D eigenvalue weighted by molar-refractivity contribution is -0.137. The van der Waals surface area contributed by atoms with Crippen molar-refractivity contribution in [2.45, 2.75) is 44.7 Å². The van der Waals surface area contributed by atoms with E-state index in [2.05, 4.69) is 15.9 Å². The second-order valence-corrected chi connectivity index (χ2v) is 6.06. The molecule has 0 radical (unpaired) electrons. The Labute approximate surface area is 130 Å². The largest absolute Gasteiger partial charge is 0.416 e. The van der Waals surface area contributed by atoms with Crippen molar-refractivity contribution in [1.82, 2.24) is 0 Å². The molecule has 1 nitrogen and oxygen atoms in total. The molecule has 1 aliphatic carbocycles. The van der Waals surface area contributed by atoms with Crippen LogP contribution in [0.5, 0.6) is 0 Å². The van der Waals surface area contributed by atoms with Crippen molar-refractivity contribution in [1.29, 1.82) is 0 Å². The Morgan fingerprint density at radius 2 is 1.81 bits per heavy atom. The molecule has 0 saturated carbocycles. The van der Waals surface area contributed by atoms with Gasteiger partial charge < -0.3 is 0 Å².